The molecule has 1 atom stereocenters. The van der Waals surface area contributed by atoms with Gasteiger partial charge in [-0.05, 0) is 36.1 Å². The molecule has 50 heavy (non-hydrogen) atoms. The monoisotopic (exact) mass is 780 g/mol. The molecular formula is C47H56Cl2Zr-2. The molecule has 7 rings (SSSR count). The fourth-order valence-electron chi connectivity index (χ4n) is 7.92. The fraction of sp³-hybridized carbons (Fsp3) is 0.404. The predicted octanol–water partition coefficient (Wildman–Crippen LogP) is 7.41. The summed E-state index contributed by atoms with van der Waals surface area (Å²) in [6.07, 6.45) is 14.3. The number of benzene rings is 3. The molecule has 3 aliphatic rings. The molecule has 3 aliphatic carbocycles. The van der Waals surface area contributed by atoms with Crippen LogP contribution >= 0.6 is 0 Å². The van der Waals surface area contributed by atoms with E-state index in [2.05, 4.69) is 168 Å². The van der Waals surface area contributed by atoms with Gasteiger partial charge in [-0.25, -0.2) is 5.57 Å². The summed E-state index contributed by atoms with van der Waals surface area (Å²) in [5.41, 5.74) is 13.6. The Morgan fingerprint density at radius 2 is 1.26 bits per heavy atom. The van der Waals surface area contributed by atoms with Crippen LogP contribution in [0.3, 0.4) is 0 Å². The third-order valence-corrected chi connectivity index (χ3v) is 12.1. The average molecular weight is 783 g/mol. The van der Waals surface area contributed by atoms with Gasteiger partial charge in [0, 0.05) is 10.8 Å². The Kier molecular flexibility index (Phi) is 13.7. The van der Waals surface area contributed by atoms with Crippen LogP contribution in [-0.4, -0.2) is 3.21 Å². The second-order valence-corrected chi connectivity index (χ2v) is 17.7. The number of hydrogen-bond acceptors (Lipinski definition) is 0. The first-order valence-corrected chi connectivity index (χ1v) is 19.3. The summed E-state index contributed by atoms with van der Waals surface area (Å²) >= 11 is 1.54. The van der Waals surface area contributed by atoms with Crippen molar-refractivity contribution >= 4 is 35.9 Å². The van der Waals surface area contributed by atoms with E-state index in [-0.39, 0.29) is 35.6 Å². The van der Waals surface area contributed by atoms with Gasteiger partial charge < -0.3 is 24.8 Å². The topological polar surface area (TPSA) is 0 Å². The van der Waals surface area contributed by atoms with Gasteiger partial charge in [-0.3, -0.25) is 6.08 Å². The summed E-state index contributed by atoms with van der Waals surface area (Å²) in [4.78, 5) is 0. The van der Waals surface area contributed by atoms with Crippen molar-refractivity contribution in [1.82, 2.24) is 0 Å². The predicted molar refractivity (Wildman–Crippen MR) is 210 cm³/mol. The Bertz CT molecular complexity index is 1890. The van der Waals surface area contributed by atoms with Gasteiger partial charge in [0.2, 0.25) is 0 Å². The van der Waals surface area contributed by atoms with Gasteiger partial charge in [0.15, 0.2) is 0 Å². The van der Waals surface area contributed by atoms with Gasteiger partial charge in [-0.1, -0.05) is 122 Å². The zero-order valence-electron chi connectivity index (χ0n) is 32.5. The number of rotatable bonds is 4. The molecule has 0 bridgehead atoms. The molecule has 1 unspecified atom stereocenters. The molecule has 3 heteroatoms. The van der Waals surface area contributed by atoms with Crippen molar-refractivity contribution in [1.29, 1.82) is 0 Å². The van der Waals surface area contributed by atoms with E-state index in [1.165, 1.54) is 109 Å². The van der Waals surface area contributed by atoms with Crippen molar-refractivity contribution in [3.05, 3.63) is 124 Å². The first kappa shape index (κ1) is 42.2. The number of hydrogen-bond donors (Lipinski definition) is 0. The first-order valence-electron chi connectivity index (χ1n) is 18.1. The van der Waals surface area contributed by atoms with Crippen LogP contribution in [0.1, 0.15) is 130 Å². The van der Waals surface area contributed by atoms with E-state index in [9.17, 15) is 0 Å². The molecule has 0 amide bonds. The Labute approximate surface area is 331 Å². The van der Waals surface area contributed by atoms with Gasteiger partial charge >= 0.3 is 76.7 Å². The molecule has 264 valence electrons. The van der Waals surface area contributed by atoms with Crippen LogP contribution < -0.4 is 24.8 Å². The molecule has 0 fully saturated rings. The third-order valence-electron chi connectivity index (χ3n) is 10.5. The molecule has 4 aromatic carbocycles. The first-order chi connectivity index (χ1) is 22.5. The van der Waals surface area contributed by atoms with Crippen LogP contribution in [0, 0.1) is 17.4 Å². The van der Waals surface area contributed by atoms with Crippen LogP contribution in [0.25, 0.3) is 32.7 Å². The van der Waals surface area contributed by atoms with Crippen LogP contribution in [0.5, 0.6) is 0 Å². The van der Waals surface area contributed by atoms with Crippen molar-refractivity contribution in [3.8, 4) is 0 Å². The van der Waals surface area contributed by atoms with E-state index in [1.54, 1.807) is 3.21 Å². The summed E-state index contributed by atoms with van der Waals surface area (Å²) in [7, 11) is 0. The Morgan fingerprint density at radius 1 is 0.780 bits per heavy atom. The molecular weight excluding hydrogens is 727 g/mol. The van der Waals surface area contributed by atoms with Crippen molar-refractivity contribution in [2.75, 3.05) is 0 Å². The van der Waals surface area contributed by atoms with Crippen LogP contribution in [0.15, 0.2) is 90.0 Å². The molecule has 0 heterocycles. The minimum atomic E-state index is 0. The van der Waals surface area contributed by atoms with Crippen LogP contribution in [0.2, 0.25) is 0 Å². The molecule has 4 aromatic rings. The zero-order valence-corrected chi connectivity index (χ0v) is 36.4. The molecule has 0 N–H and O–H groups in total. The summed E-state index contributed by atoms with van der Waals surface area (Å²) < 4.78 is 1.55. The second-order valence-electron chi connectivity index (χ2n) is 16.2. The van der Waals surface area contributed by atoms with Crippen molar-refractivity contribution < 1.29 is 49.0 Å². The number of fused-ring (bicyclic) bond motifs is 5. The van der Waals surface area contributed by atoms with Crippen molar-refractivity contribution in [3.63, 3.8) is 0 Å². The molecule has 0 aromatic heterocycles. The molecule has 0 aliphatic heterocycles. The summed E-state index contributed by atoms with van der Waals surface area (Å²) in [5, 5.41) is 5.57. The maximum atomic E-state index is 3.57. The van der Waals surface area contributed by atoms with Crippen LogP contribution in [0.4, 0.5) is 0 Å². The zero-order chi connectivity index (χ0) is 35.2. The van der Waals surface area contributed by atoms with E-state index in [4.69, 9.17) is 0 Å². The van der Waals surface area contributed by atoms with Gasteiger partial charge in [-0.2, -0.15) is 11.6 Å². The Hall–Kier alpha value is -2.18. The average Bonchev–Trinajstić information content (AvgIpc) is 3.75. The third kappa shape index (κ3) is 8.54. The maximum Gasteiger partial charge on any atom is -1.00 e. The minimum Gasteiger partial charge on any atom is -1.00 e. The number of halogens is 2. The maximum absolute atomic E-state index is 3.57. The fourth-order valence-corrected chi connectivity index (χ4v) is 8.33. The number of allylic oxidation sites excluding steroid dienone is 8. The smallest absolute Gasteiger partial charge is 1.00 e. The Morgan fingerprint density at radius 3 is 1.64 bits per heavy atom. The normalized spacial score (nSPS) is 17.8. The van der Waals surface area contributed by atoms with E-state index in [1.807, 2.05) is 0 Å². The van der Waals surface area contributed by atoms with Crippen molar-refractivity contribution in [2.24, 2.45) is 11.3 Å². The molecule has 0 nitrogen and oxygen atoms in total. The summed E-state index contributed by atoms with van der Waals surface area (Å²) in [6.45, 7) is 27.3. The Balaban J connectivity index is 0.000000229. The van der Waals surface area contributed by atoms with E-state index >= 15 is 0 Å². The summed E-state index contributed by atoms with van der Waals surface area (Å²) in [6, 6.07) is 22.7. The largest absolute Gasteiger partial charge is 1.00 e. The van der Waals surface area contributed by atoms with E-state index in [0.717, 1.165) is 6.42 Å². The quantitative estimate of drug-likeness (QED) is 0.190. The van der Waals surface area contributed by atoms with Crippen LogP contribution in [-0.2, 0) is 35.1 Å². The minimum absolute atomic E-state index is 0. The second kappa shape index (κ2) is 16.2. The molecule has 0 spiro atoms. The van der Waals surface area contributed by atoms with E-state index in [0.29, 0.717) is 11.3 Å². The van der Waals surface area contributed by atoms with E-state index < -0.39 is 0 Å². The SMILES string of the molecule is CC1=CC(C)(C)c2cc3[cH-]c4cc5c(cc4c3cc21)C(C)=CC5(C)C.CCC1=[C-]C(CC)C=C1C(C)(C)C.CC[C](=[Zr+2])c1ccccc1.[Cl-].[Cl-]. The molecule has 0 saturated carbocycles. The van der Waals surface area contributed by atoms with Gasteiger partial charge in [-0.15, -0.1) is 39.7 Å². The van der Waals surface area contributed by atoms with Crippen molar-refractivity contribution in [2.45, 2.75) is 113 Å². The standard InChI is InChI=1S/C25H25.C13H21.C9H10.2ClH.Zr/c1-14-12-24(3,4)22-8-16-7-17-9-23-19(15(2)13-25(23,5)6)11-21(17)20(16)10-18(14)22;1-6-10-8-11(7-2)12(9-10)13(3,4)5;1-2-6-9-7-4-3-5-8-9;;;/h7-13H,1-6H3;9-10H,6-7H2,1-5H3;3-5,7-8H,2H2,1H3;2*1H;/q2*-1;;;;+2/p-2. The van der Waals surface area contributed by atoms with Gasteiger partial charge in [0.05, 0.1) is 0 Å². The summed E-state index contributed by atoms with van der Waals surface area (Å²) in [5.74, 6) is 0.573. The van der Waals surface area contributed by atoms with Gasteiger partial charge in [0.25, 0.3) is 0 Å². The molecule has 0 radical (unpaired) electrons. The molecule has 0 saturated heterocycles. The van der Waals surface area contributed by atoms with Gasteiger partial charge in [0.1, 0.15) is 0 Å².